The van der Waals surface area contributed by atoms with E-state index in [-0.39, 0.29) is 5.88 Å². The van der Waals surface area contributed by atoms with Crippen molar-refractivity contribution in [3.63, 3.8) is 0 Å². The Balaban J connectivity index is 2.06. The van der Waals surface area contributed by atoms with E-state index in [1.54, 1.807) is 12.3 Å². The summed E-state index contributed by atoms with van der Waals surface area (Å²) in [5.41, 5.74) is 0. The second kappa shape index (κ2) is 5.20. The lowest BCUT2D eigenvalue weighted by molar-refractivity contribution is -0.402. The van der Waals surface area contributed by atoms with Crippen LogP contribution >= 0.6 is 0 Å². The van der Waals surface area contributed by atoms with Gasteiger partial charge < -0.3 is 4.42 Å². The fraction of sp³-hybridized carbons (Fsp3) is 0.583. The number of nitrogens with zero attached hydrogens (tertiary/aromatic N) is 3. The second-order valence-corrected chi connectivity index (χ2v) is 4.69. The molecule has 1 saturated heterocycles. The van der Waals surface area contributed by atoms with Crippen LogP contribution in [0.5, 0.6) is 0 Å². The molecule has 0 saturated carbocycles. The Hall–Kier alpha value is -1.85. The number of hydrogen-bond acceptors (Lipinski definition) is 5. The SMILES string of the molecule is C[C@@H]1CCC[C@H](C)N1/N=C\c1ccc([N+](=O)[O-])o1. The van der Waals surface area contributed by atoms with Crippen molar-refractivity contribution in [3.05, 3.63) is 28.0 Å². The van der Waals surface area contributed by atoms with Gasteiger partial charge in [0, 0.05) is 12.1 Å². The van der Waals surface area contributed by atoms with Crippen molar-refractivity contribution >= 4 is 12.1 Å². The molecular weight excluding hydrogens is 234 g/mol. The second-order valence-electron chi connectivity index (χ2n) is 4.69. The third kappa shape index (κ3) is 2.69. The first-order valence-electron chi connectivity index (χ1n) is 6.14. The van der Waals surface area contributed by atoms with E-state index < -0.39 is 4.92 Å². The molecule has 1 aliphatic rings. The number of nitro groups is 1. The molecule has 1 aliphatic heterocycles. The maximum Gasteiger partial charge on any atom is 0.433 e. The molecule has 1 aromatic heterocycles. The average molecular weight is 251 g/mol. The molecule has 2 atom stereocenters. The third-order valence-electron chi connectivity index (χ3n) is 3.26. The maximum absolute atomic E-state index is 10.5. The Morgan fingerprint density at radius 1 is 1.44 bits per heavy atom. The molecular formula is C12H17N3O3. The maximum atomic E-state index is 10.5. The fourth-order valence-corrected chi connectivity index (χ4v) is 2.27. The van der Waals surface area contributed by atoms with E-state index in [2.05, 4.69) is 18.9 Å². The first-order valence-corrected chi connectivity index (χ1v) is 6.14. The van der Waals surface area contributed by atoms with Gasteiger partial charge in [0.15, 0.2) is 5.76 Å². The standard InChI is InChI=1S/C12H17N3O3/c1-9-4-3-5-10(2)14(9)13-8-11-6-7-12(18-11)15(16)17/h6-10H,3-5H2,1-2H3/b13-8-/t9-,10+. The lowest BCUT2D eigenvalue weighted by Gasteiger charge is -2.36. The van der Waals surface area contributed by atoms with E-state index in [9.17, 15) is 10.1 Å². The fourth-order valence-electron chi connectivity index (χ4n) is 2.27. The van der Waals surface area contributed by atoms with Gasteiger partial charge in [-0.2, -0.15) is 5.10 Å². The van der Waals surface area contributed by atoms with E-state index in [1.165, 1.54) is 12.5 Å². The van der Waals surface area contributed by atoms with Gasteiger partial charge in [0.1, 0.15) is 4.92 Å². The normalized spacial score (nSPS) is 24.7. The highest BCUT2D eigenvalue weighted by molar-refractivity contribution is 5.76. The molecule has 6 heteroatoms. The van der Waals surface area contributed by atoms with Crippen LogP contribution in [0.2, 0.25) is 0 Å². The number of rotatable bonds is 3. The molecule has 18 heavy (non-hydrogen) atoms. The zero-order valence-corrected chi connectivity index (χ0v) is 10.6. The lowest BCUT2D eigenvalue weighted by Crippen LogP contribution is -2.39. The van der Waals surface area contributed by atoms with E-state index in [0.717, 1.165) is 12.8 Å². The summed E-state index contributed by atoms with van der Waals surface area (Å²) in [5.74, 6) is 0.155. The highest BCUT2D eigenvalue weighted by Crippen LogP contribution is 2.22. The molecule has 0 unspecified atom stereocenters. The van der Waals surface area contributed by atoms with Gasteiger partial charge in [-0.15, -0.1) is 0 Å². The molecule has 0 bridgehead atoms. The Morgan fingerprint density at radius 2 is 2.11 bits per heavy atom. The van der Waals surface area contributed by atoms with Crippen molar-refractivity contribution in [1.82, 2.24) is 5.01 Å². The quantitative estimate of drug-likeness (QED) is 0.470. The molecule has 98 valence electrons. The predicted molar refractivity (Wildman–Crippen MR) is 67.6 cm³/mol. The number of piperidine rings is 1. The van der Waals surface area contributed by atoms with Crippen LogP contribution in [0, 0.1) is 10.1 Å². The highest BCUT2D eigenvalue weighted by atomic mass is 16.6. The van der Waals surface area contributed by atoms with Gasteiger partial charge >= 0.3 is 5.88 Å². The molecule has 6 nitrogen and oxygen atoms in total. The van der Waals surface area contributed by atoms with Crippen molar-refractivity contribution in [2.24, 2.45) is 5.10 Å². The first kappa shape index (κ1) is 12.6. The van der Waals surface area contributed by atoms with Crippen LogP contribution in [0.1, 0.15) is 38.9 Å². The third-order valence-corrected chi connectivity index (χ3v) is 3.26. The van der Waals surface area contributed by atoms with E-state index >= 15 is 0 Å². The Kier molecular flexibility index (Phi) is 3.64. The number of hydrogen-bond donors (Lipinski definition) is 0. The summed E-state index contributed by atoms with van der Waals surface area (Å²) in [6.07, 6.45) is 5.02. The van der Waals surface area contributed by atoms with Crippen molar-refractivity contribution < 1.29 is 9.34 Å². The van der Waals surface area contributed by atoms with Gasteiger partial charge in [-0.05, 0) is 39.2 Å². The first-order chi connectivity index (χ1) is 8.58. The molecule has 1 fully saturated rings. The smallest absolute Gasteiger partial charge is 0.400 e. The van der Waals surface area contributed by atoms with Crippen LogP contribution < -0.4 is 0 Å². The highest BCUT2D eigenvalue weighted by Gasteiger charge is 2.22. The summed E-state index contributed by atoms with van der Waals surface area (Å²) < 4.78 is 5.03. The molecule has 1 aromatic rings. The van der Waals surface area contributed by atoms with Crippen molar-refractivity contribution in [1.29, 1.82) is 0 Å². The van der Waals surface area contributed by atoms with Crippen LogP contribution in [0.15, 0.2) is 21.7 Å². The van der Waals surface area contributed by atoms with Crippen molar-refractivity contribution in [3.8, 4) is 0 Å². The average Bonchev–Trinajstić information content (AvgIpc) is 2.77. The minimum Gasteiger partial charge on any atom is -0.400 e. The van der Waals surface area contributed by atoms with Gasteiger partial charge in [-0.3, -0.25) is 15.1 Å². The molecule has 0 aromatic carbocycles. The van der Waals surface area contributed by atoms with Crippen molar-refractivity contribution in [2.75, 3.05) is 0 Å². The minimum absolute atomic E-state index is 0.254. The van der Waals surface area contributed by atoms with Crippen LogP contribution in [-0.4, -0.2) is 28.2 Å². The Labute approximate surface area is 105 Å². The lowest BCUT2D eigenvalue weighted by atomic mass is 10.00. The van der Waals surface area contributed by atoms with Crippen LogP contribution in [0.4, 0.5) is 5.88 Å². The van der Waals surface area contributed by atoms with E-state index in [4.69, 9.17) is 4.42 Å². The Morgan fingerprint density at radius 3 is 2.67 bits per heavy atom. The monoisotopic (exact) mass is 251 g/mol. The molecule has 0 N–H and O–H groups in total. The summed E-state index contributed by atoms with van der Waals surface area (Å²) >= 11 is 0. The molecule has 0 radical (unpaired) electrons. The molecule has 0 aliphatic carbocycles. The van der Waals surface area contributed by atoms with Crippen LogP contribution in [-0.2, 0) is 0 Å². The van der Waals surface area contributed by atoms with Crippen LogP contribution in [0.3, 0.4) is 0 Å². The van der Waals surface area contributed by atoms with E-state index in [1.807, 2.05) is 5.01 Å². The summed E-state index contributed by atoms with van der Waals surface area (Å²) in [6, 6.07) is 3.69. The zero-order valence-electron chi connectivity index (χ0n) is 10.6. The van der Waals surface area contributed by atoms with Gasteiger partial charge in [0.05, 0.1) is 12.3 Å². The molecule has 2 heterocycles. The number of furan rings is 1. The van der Waals surface area contributed by atoms with Gasteiger partial charge in [0.25, 0.3) is 0 Å². The van der Waals surface area contributed by atoms with Crippen LogP contribution in [0.25, 0.3) is 0 Å². The predicted octanol–water partition coefficient (Wildman–Crippen LogP) is 2.78. The summed E-state index contributed by atoms with van der Waals surface area (Å²) in [5, 5.41) is 16.9. The van der Waals surface area contributed by atoms with Gasteiger partial charge in [-0.25, -0.2) is 0 Å². The largest absolute Gasteiger partial charge is 0.433 e. The minimum atomic E-state index is -0.552. The Bertz CT molecular complexity index is 445. The molecule has 0 spiro atoms. The zero-order chi connectivity index (χ0) is 13.1. The van der Waals surface area contributed by atoms with E-state index in [0.29, 0.717) is 17.8 Å². The summed E-state index contributed by atoms with van der Waals surface area (Å²) in [6.45, 7) is 4.27. The van der Waals surface area contributed by atoms with Crippen molar-refractivity contribution in [2.45, 2.75) is 45.2 Å². The molecule has 0 amide bonds. The topological polar surface area (TPSA) is 71.9 Å². The number of hydrazone groups is 1. The summed E-state index contributed by atoms with van der Waals surface area (Å²) in [7, 11) is 0. The van der Waals surface area contributed by atoms with Gasteiger partial charge in [-0.1, -0.05) is 0 Å². The van der Waals surface area contributed by atoms with Gasteiger partial charge in [0.2, 0.25) is 0 Å². The molecule has 2 rings (SSSR count). The summed E-state index contributed by atoms with van der Waals surface area (Å²) in [4.78, 5) is 9.93.